The third-order valence-electron chi connectivity index (χ3n) is 2.16. The van der Waals surface area contributed by atoms with Gasteiger partial charge in [0.1, 0.15) is 5.75 Å². The Bertz CT molecular complexity index is 342. The molecule has 16 heavy (non-hydrogen) atoms. The van der Waals surface area contributed by atoms with Gasteiger partial charge in [0.15, 0.2) is 11.5 Å². The summed E-state index contributed by atoms with van der Waals surface area (Å²) in [5, 5.41) is 6.16. The Morgan fingerprint density at radius 1 is 0.938 bits per heavy atom. The van der Waals surface area contributed by atoms with Crippen molar-refractivity contribution in [1.82, 2.24) is 5.32 Å². The summed E-state index contributed by atoms with van der Waals surface area (Å²) >= 11 is 0. The van der Waals surface area contributed by atoms with Gasteiger partial charge in [-0.25, -0.2) is 0 Å². The first-order chi connectivity index (χ1) is 7.76. The summed E-state index contributed by atoms with van der Waals surface area (Å²) in [4.78, 5) is 0. The highest BCUT2D eigenvalue weighted by Gasteiger charge is 2.10. The van der Waals surface area contributed by atoms with Crippen LogP contribution in [0.25, 0.3) is 0 Å². The molecule has 0 aliphatic heterocycles. The van der Waals surface area contributed by atoms with E-state index in [-0.39, 0.29) is 0 Å². The van der Waals surface area contributed by atoms with Crippen molar-refractivity contribution in [2.24, 2.45) is 0 Å². The van der Waals surface area contributed by atoms with Crippen LogP contribution in [0.5, 0.6) is 17.2 Å². The lowest BCUT2D eigenvalue weighted by Crippen LogP contribution is -2.17. The third-order valence-corrected chi connectivity index (χ3v) is 2.16. The van der Waals surface area contributed by atoms with Crippen LogP contribution in [0.2, 0.25) is 0 Å². The Morgan fingerprint density at radius 3 is 2.00 bits per heavy atom. The van der Waals surface area contributed by atoms with E-state index in [0.29, 0.717) is 23.9 Å². The van der Waals surface area contributed by atoms with E-state index >= 15 is 0 Å². The summed E-state index contributed by atoms with van der Waals surface area (Å²) in [6, 6.07) is 3.63. The van der Waals surface area contributed by atoms with E-state index in [9.17, 15) is 0 Å². The standard InChI is InChI=1S/C11H18N2O3/c1-12-7-13-8-5-10(15-3)11(16-4)6-9(8)14-2/h5-6,12-13H,7H2,1-4H3. The molecule has 0 aromatic heterocycles. The van der Waals surface area contributed by atoms with Crippen molar-refractivity contribution in [2.45, 2.75) is 0 Å². The monoisotopic (exact) mass is 226 g/mol. The van der Waals surface area contributed by atoms with Gasteiger partial charge >= 0.3 is 0 Å². The second kappa shape index (κ2) is 6.07. The van der Waals surface area contributed by atoms with E-state index in [1.54, 1.807) is 27.4 Å². The molecule has 5 heteroatoms. The normalized spacial score (nSPS) is 9.75. The molecule has 0 saturated heterocycles. The van der Waals surface area contributed by atoms with Crippen LogP contribution in [0.3, 0.4) is 0 Å². The molecule has 0 radical (unpaired) electrons. The number of ether oxygens (including phenoxy) is 3. The Hall–Kier alpha value is -1.62. The molecule has 0 spiro atoms. The molecule has 0 amide bonds. The van der Waals surface area contributed by atoms with Gasteiger partial charge in [-0.2, -0.15) is 0 Å². The van der Waals surface area contributed by atoms with Crippen LogP contribution in [-0.4, -0.2) is 35.0 Å². The first-order valence-corrected chi connectivity index (χ1v) is 4.95. The van der Waals surface area contributed by atoms with Crippen molar-refractivity contribution in [3.8, 4) is 17.2 Å². The molecule has 0 atom stereocenters. The van der Waals surface area contributed by atoms with E-state index < -0.39 is 0 Å². The van der Waals surface area contributed by atoms with Gasteiger partial charge in [0.05, 0.1) is 33.7 Å². The zero-order valence-corrected chi connectivity index (χ0v) is 10.1. The number of hydrogen-bond donors (Lipinski definition) is 2. The molecule has 0 aliphatic rings. The van der Waals surface area contributed by atoms with Crippen LogP contribution in [0.15, 0.2) is 12.1 Å². The molecule has 1 aromatic rings. The number of anilines is 1. The molecule has 0 unspecified atom stereocenters. The Kier molecular flexibility index (Phi) is 4.72. The van der Waals surface area contributed by atoms with E-state index in [1.807, 2.05) is 13.1 Å². The first-order valence-electron chi connectivity index (χ1n) is 4.95. The van der Waals surface area contributed by atoms with Crippen molar-refractivity contribution in [3.05, 3.63) is 12.1 Å². The Labute approximate surface area is 95.7 Å². The highest BCUT2D eigenvalue weighted by atomic mass is 16.5. The first kappa shape index (κ1) is 12.4. The fourth-order valence-corrected chi connectivity index (χ4v) is 1.35. The van der Waals surface area contributed by atoms with E-state index in [4.69, 9.17) is 14.2 Å². The van der Waals surface area contributed by atoms with Crippen LogP contribution in [-0.2, 0) is 0 Å². The highest BCUT2D eigenvalue weighted by Crippen LogP contribution is 2.37. The minimum atomic E-state index is 0.645. The highest BCUT2D eigenvalue weighted by molar-refractivity contribution is 5.64. The average Bonchev–Trinajstić information content (AvgIpc) is 2.35. The molecular weight excluding hydrogens is 208 g/mol. The predicted molar refractivity (Wildman–Crippen MR) is 63.6 cm³/mol. The number of benzene rings is 1. The number of methoxy groups -OCH3 is 3. The minimum Gasteiger partial charge on any atom is -0.494 e. The molecule has 0 heterocycles. The van der Waals surface area contributed by atoms with Crippen molar-refractivity contribution in [3.63, 3.8) is 0 Å². The summed E-state index contributed by atoms with van der Waals surface area (Å²) < 4.78 is 15.7. The second-order valence-electron chi connectivity index (χ2n) is 3.11. The SMILES string of the molecule is CNCNc1cc(OC)c(OC)cc1OC. The van der Waals surface area contributed by atoms with E-state index in [1.165, 1.54) is 0 Å². The molecular formula is C11H18N2O3. The smallest absolute Gasteiger partial charge is 0.164 e. The van der Waals surface area contributed by atoms with Gasteiger partial charge in [-0.15, -0.1) is 0 Å². The molecule has 0 saturated carbocycles. The quantitative estimate of drug-likeness (QED) is 0.716. The van der Waals surface area contributed by atoms with Crippen molar-refractivity contribution in [1.29, 1.82) is 0 Å². The lowest BCUT2D eigenvalue weighted by Gasteiger charge is -2.15. The predicted octanol–water partition coefficient (Wildman–Crippen LogP) is 1.30. The second-order valence-corrected chi connectivity index (χ2v) is 3.11. The van der Waals surface area contributed by atoms with Gasteiger partial charge in [0, 0.05) is 12.1 Å². The average molecular weight is 226 g/mol. The van der Waals surface area contributed by atoms with Gasteiger partial charge in [0.25, 0.3) is 0 Å². The van der Waals surface area contributed by atoms with Crippen LogP contribution in [0.1, 0.15) is 0 Å². The minimum absolute atomic E-state index is 0.645. The molecule has 1 aromatic carbocycles. The third kappa shape index (κ3) is 2.70. The maximum atomic E-state index is 5.26. The van der Waals surface area contributed by atoms with Crippen LogP contribution in [0.4, 0.5) is 5.69 Å². The molecule has 1 rings (SSSR count). The summed E-state index contributed by atoms with van der Waals surface area (Å²) in [5.74, 6) is 2.03. The van der Waals surface area contributed by atoms with Gasteiger partial charge in [-0.05, 0) is 7.05 Å². The molecule has 0 aliphatic carbocycles. The number of nitrogens with one attached hydrogen (secondary N) is 2. The Balaban J connectivity index is 3.05. The molecule has 0 fully saturated rings. The summed E-state index contributed by atoms with van der Waals surface area (Å²) in [6.45, 7) is 0.645. The summed E-state index contributed by atoms with van der Waals surface area (Å²) in [5.41, 5.74) is 0.856. The van der Waals surface area contributed by atoms with Crippen LogP contribution >= 0.6 is 0 Å². The topological polar surface area (TPSA) is 51.8 Å². The lowest BCUT2D eigenvalue weighted by molar-refractivity contribution is 0.349. The molecule has 5 nitrogen and oxygen atoms in total. The van der Waals surface area contributed by atoms with Gasteiger partial charge < -0.3 is 24.8 Å². The Morgan fingerprint density at radius 2 is 1.50 bits per heavy atom. The maximum Gasteiger partial charge on any atom is 0.164 e. The molecule has 2 N–H and O–H groups in total. The number of hydrogen-bond acceptors (Lipinski definition) is 5. The maximum absolute atomic E-state index is 5.26. The van der Waals surface area contributed by atoms with Crippen molar-refractivity contribution >= 4 is 5.69 Å². The van der Waals surface area contributed by atoms with E-state index in [0.717, 1.165) is 5.69 Å². The lowest BCUT2D eigenvalue weighted by atomic mass is 10.2. The zero-order chi connectivity index (χ0) is 12.0. The molecule has 0 bridgehead atoms. The summed E-state index contributed by atoms with van der Waals surface area (Å²) in [6.07, 6.45) is 0. The van der Waals surface area contributed by atoms with Crippen molar-refractivity contribution < 1.29 is 14.2 Å². The van der Waals surface area contributed by atoms with Gasteiger partial charge in [0.2, 0.25) is 0 Å². The van der Waals surface area contributed by atoms with E-state index in [2.05, 4.69) is 10.6 Å². The molecule has 90 valence electrons. The van der Waals surface area contributed by atoms with Crippen LogP contribution < -0.4 is 24.8 Å². The fourth-order valence-electron chi connectivity index (χ4n) is 1.35. The van der Waals surface area contributed by atoms with Crippen LogP contribution in [0, 0.1) is 0 Å². The van der Waals surface area contributed by atoms with Crippen molar-refractivity contribution in [2.75, 3.05) is 40.4 Å². The fraction of sp³-hybridized carbons (Fsp3) is 0.455. The van der Waals surface area contributed by atoms with Gasteiger partial charge in [-0.1, -0.05) is 0 Å². The van der Waals surface area contributed by atoms with Gasteiger partial charge in [-0.3, -0.25) is 0 Å². The summed E-state index contributed by atoms with van der Waals surface area (Å²) in [7, 11) is 6.68. The zero-order valence-electron chi connectivity index (χ0n) is 10.1. The number of rotatable bonds is 6. The largest absolute Gasteiger partial charge is 0.494 e.